The van der Waals surface area contributed by atoms with Gasteiger partial charge in [0, 0.05) is 0 Å². The third kappa shape index (κ3) is 15.5. The van der Waals surface area contributed by atoms with Gasteiger partial charge >= 0.3 is 11.9 Å². The van der Waals surface area contributed by atoms with Crippen molar-refractivity contribution in [2.45, 2.75) is 167 Å². The van der Waals surface area contributed by atoms with Crippen LogP contribution >= 0.6 is 0 Å². The number of carbonyl (C=O) groups excluding carboxylic acids is 1. The average Bonchev–Trinajstić information content (AvgIpc) is 2.90. The van der Waals surface area contributed by atoms with Crippen LogP contribution in [-0.4, -0.2) is 57.3 Å². The Morgan fingerprint density at radius 1 is 0.590 bits per heavy atom. The van der Waals surface area contributed by atoms with Crippen molar-refractivity contribution in [3.8, 4) is 0 Å². The SMILES string of the molecule is C=CCCCCCCCCCCCCCCCCCCCCC[N+](C(C)C(=O)[O-])(C(C)C(=O)O)C(C)C(=O)O. The van der Waals surface area contributed by atoms with E-state index < -0.39 is 40.5 Å². The summed E-state index contributed by atoms with van der Waals surface area (Å²) in [5.41, 5.74) is 0. The zero-order chi connectivity index (χ0) is 29.5. The Morgan fingerprint density at radius 3 is 1.13 bits per heavy atom. The van der Waals surface area contributed by atoms with Crippen LogP contribution < -0.4 is 5.11 Å². The summed E-state index contributed by atoms with van der Waals surface area (Å²) >= 11 is 0. The quantitative estimate of drug-likeness (QED) is 0.0620. The molecule has 7 nitrogen and oxygen atoms in total. The molecule has 0 aliphatic heterocycles. The molecule has 228 valence electrons. The lowest BCUT2D eigenvalue weighted by atomic mass is 9.99. The van der Waals surface area contributed by atoms with E-state index >= 15 is 0 Å². The van der Waals surface area contributed by atoms with Gasteiger partial charge in [0.1, 0.15) is 6.04 Å². The molecule has 0 rings (SSSR count). The molecule has 0 spiro atoms. The summed E-state index contributed by atoms with van der Waals surface area (Å²) in [6, 6.07) is -3.55. The number of allylic oxidation sites excluding steroid dienone is 1. The molecule has 0 aromatic heterocycles. The maximum atomic E-state index is 11.8. The van der Waals surface area contributed by atoms with Crippen molar-refractivity contribution in [1.29, 1.82) is 0 Å². The Bertz CT molecular complexity index is 629. The monoisotopic (exact) mass is 553 g/mol. The van der Waals surface area contributed by atoms with E-state index in [-0.39, 0.29) is 6.54 Å². The number of carbonyl (C=O) groups is 3. The molecule has 0 bridgehead atoms. The molecule has 0 saturated heterocycles. The van der Waals surface area contributed by atoms with Crippen LogP contribution in [-0.2, 0) is 14.4 Å². The molecule has 0 aromatic carbocycles. The largest absolute Gasteiger partial charge is 0.544 e. The normalized spacial score (nSPS) is 15.3. The molecule has 0 heterocycles. The molecule has 39 heavy (non-hydrogen) atoms. The van der Waals surface area contributed by atoms with E-state index in [9.17, 15) is 29.7 Å². The number of rotatable bonds is 28. The third-order valence-corrected chi connectivity index (χ3v) is 8.67. The van der Waals surface area contributed by atoms with Crippen LogP contribution in [0.15, 0.2) is 12.7 Å². The Balaban J connectivity index is 3.98. The fraction of sp³-hybridized carbons (Fsp3) is 0.844. The van der Waals surface area contributed by atoms with Crippen LogP contribution in [0.2, 0.25) is 0 Å². The minimum atomic E-state index is -1.42. The molecular formula is C32H59NO6. The highest BCUT2D eigenvalue weighted by molar-refractivity contribution is 5.76. The summed E-state index contributed by atoms with van der Waals surface area (Å²) < 4.78 is -0.538. The maximum absolute atomic E-state index is 11.8. The van der Waals surface area contributed by atoms with Crippen molar-refractivity contribution < 1.29 is 34.2 Å². The van der Waals surface area contributed by atoms with Crippen molar-refractivity contribution in [2.24, 2.45) is 0 Å². The lowest BCUT2D eigenvalue weighted by Gasteiger charge is -2.49. The summed E-state index contributed by atoms with van der Waals surface area (Å²) in [6.45, 7) is 8.12. The molecule has 0 aromatic rings. The minimum absolute atomic E-state index is 0.187. The molecule has 0 aliphatic carbocycles. The van der Waals surface area contributed by atoms with Crippen LogP contribution in [0.25, 0.3) is 0 Å². The van der Waals surface area contributed by atoms with Crippen LogP contribution in [0.1, 0.15) is 149 Å². The zero-order valence-corrected chi connectivity index (χ0v) is 25.3. The first kappa shape index (κ1) is 37.1. The molecule has 0 radical (unpaired) electrons. The van der Waals surface area contributed by atoms with Crippen LogP contribution in [0.4, 0.5) is 0 Å². The van der Waals surface area contributed by atoms with E-state index in [1.54, 1.807) is 0 Å². The summed E-state index contributed by atoms with van der Waals surface area (Å²) in [6.07, 6.45) is 26.5. The van der Waals surface area contributed by atoms with Gasteiger partial charge < -0.3 is 20.1 Å². The number of hydrogen-bond acceptors (Lipinski definition) is 4. The van der Waals surface area contributed by atoms with Crippen LogP contribution in [0.3, 0.4) is 0 Å². The zero-order valence-electron chi connectivity index (χ0n) is 25.3. The van der Waals surface area contributed by atoms with Gasteiger partial charge in [0.15, 0.2) is 12.1 Å². The first-order valence-electron chi connectivity index (χ1n) is 15.8. The van der Waals surface area contributed by atoms with Crippen LogP contribution in [0, 0.1) is 0 Å². The van der Waals surface area contributed by atoms with Gasteiger partial charge in [0.25, 0.3) is 0 Å². The van der Waals surface area contributed by atoms with Gasteiger partial charge in [-0.3, -0.25) is 4.48 Å². The van der Waals surface area contributed by atoms with Crippen molar-refractivity contribution in [1.82, 2.24) is 0 Å². The second-order valence-electron chi connectivity index (χ2n) is 11.5. The number of aliphatic carboxylic acids is 3. The van der Waals surface area contributed by atoms with E-state index in [1.807, 2.05) is 6.08 Å². The highest BCUT2D eigenvalue weighted by atomic mass is 16.4. The van der Waals surface area contributed by atoms with Gasteiger partial charge in [0.2, 0.25) is 0 Å². The lowest BCUT2D eigenvalue weighted by Crippen LogP contribution is -2.72. The van der Waals surface area contributed by atoms with Crippen molar-refractivity contribution >= 4 is 17.9 Å². The molecule has 0 saturated carbocycles. The summed E-state index contributed by atoms with van der Waals surface area (Å²) in [4.78, 5) is 35.3. The van der Waals surface area contributed by atoms with E-state index in [0.717, 1.165) is 25.7 Å². The second kappa shape index (κ2) is 22.9. The lowest BCUT2D eigenvalue weighted by molar-refractivity contribution is -0.969. The van der Waals surface area contributed by atoms with Crippen LogP contribution in [0.5, 0.6) is 0 Å². The molecule has 3 atom stereocenters. The Kier molecular flexibility index (Phi) is 21.8. The fourth-order valence-corrected chi connectivity index (χ4v) is 5.87. The van der Waals surface area contributed by atoms with Gasteiger partial charge in [-0.25, -0.2) is 9.59 Å². The number of hydrogen-bond donors (Lipinski definition) is 2. The number of carboxylic acid groups (broad SMARTS) is 3. The predicted molar refractivity (Wildman–Crippen MR) is 156 cm³/mol. The number of carboxylic acids is 3. The Hall–Kier alpha value is -1.89. The van der Waals surface area contributed by atoms with Crippen molar-refractivity contribution in [3.63, 3.8) is 0 Å². The first-order chi connectivity index (χ1) is 18.6. The minimum Gasteiger partial charge on any atom is -0.544 e. The Morgan fingerprint density at radius 2 is 0.872 bits per heavy atom. The first-order valence-corrected chi connectivity index (χ1v) is 15.8. The van der Waals surface area contributed by atoms with Gasteiger partial charge in [-0.1, -0.05) is 109 Å². The maximum Gasteiger partial charge on any atom is 0.362 e. The van der Waals surface area contributed by atoms with E-state index in [4.69, 9.17) is 0 Å². The van der Waals surface area contributed by atoms with E-state index in [0.29, 0.717) is 6.42 Å². The molecule has 0 aliphatic rings. The van der Waals surface area contributed by atoms with Gasteiger partial charge in [-0.15, -0.1) is 6.58 Å². The van der Waals surface area contributed by atoms with Crippen molar-refractivity contribution in [3.05, 3.63) is 12.7 Å². The topological polar surface area (TPSA) is 115 Å². The molecule has 0 fully saturated rings. The van der Waals surface area contributed by atoms with Gasteiger partial charge in [0.05, 0.1) is 12.5 Å². The standard InChI is InChI=1S/C32H59NO6/c1-5-6-7-8-9-10-11-12-13-14-15-16-17-18-19-20-21-22-23-24-25-26-33(27(2)30(34)35,28(3)31(36)37)29(4)32(38)39/h5,27-29H,1,6-26H2,2-4H3,(H2-,34,35,36,37,38,39). The summed E-state index contributed by atoms with van der Waals surface area (Å²) in [5, 5.41) is 31.0. The highest BCUT2D eigenvalue weighted by Crippen LogP contribution is 2.27. The molecule has 0 amide bonds. The highest BCUT2D eigenvalue weighted by Gasteiger charge is 2.50. The number of quaternary nitrogens is 1. The number of unbranched alkanes of at least 4 members (excludes halogenated alkanes) is 19. The number of nitrogens with zero attached hydrogens (tertiary/aromatic N) is 1. The third-order valence-electron chi connectivity index (χ3n) is 8.67. The van der Waals surface area contributed by atoms with Gasteiger partial charge in [-0.05, 0) is 46.5 Å². The molecule has 2 N–H and O–H groups in total. The van der Waals surface area contributed by atoms with Crippen molar-refractivity contribution in [2.75, 3.05) is 6.54 Å². The molecular weight excluding hydrogens is 494 g/mol. The summed E-state index contributed by atoms with van der Waals surface area (Å²) in [5.74, 6) is -3.81. The molecule has 3 unspecified atom stereocenters. The summed E-state index contributed by atoms with van der Waals surface area (Å²) in [7, 11) is 0. The Labute approximate surface area is 238 Å². The van der Waals surface area contributed by atoms with E-state index in [2.05, 4.69) is 6.58 Å². The predicted octanol–water partition coefficient (Wildman–Crippen LogP) is 6.88. The molecule has 7 heteroatoms. The fourth-order valence-electron chi connectivity index (χ4n) is 5.87. The van der Waals surface area contributed by atoms with E-state index in [1.165, 1.54) is 117 Å². The van der Waals surface area contributed by atoms with Gasteiger partial charge in [-0.2, -0.15) is 0 Å². The smallest absolute Gasteiger partial charge is 0.362 e. The average molecular weight is 554 g/mol. The second-order valence-corrected chi connectivity index (χ2v) is 11.5.